The Labute approximate surface area is 154 Å². The number of ether oxygens (including phenoxy) is 1. The van der Waals surface area contributed by atoms with E-state index < -0.39 is 0 Å². The van der Waals surface area contributed by atoms with Crippen molar-refractivity contribution in [3.63, 3.8) is 0 Å². The molecule has 0 aliphatic carbocycles. The second-order valence-electron chi connectivity index (χ2n) is 4.37. The molecule has 0 fully saturated rings. The van der Waals surface area contributed by atoms with Crippen molar-refractivity contribution in [2.24, 2.45) is 5.16 Å². The van der Waals surface area contributed by atoms with Crippen molar-refractivity contribution in [1.82, 2.24) is 0 Å². The molecule has 0 bridgehead atoms. The van der Waals surface area contributed by atoms with E-state index in [1.807, 2.05) is 0 Å². The number of nitrogens with one attached hydrogen (secondary N) is 1. The number of amides is 1. The van der Waals surface area contributed by atoms with E-state index in [4.69, 9.17) is 21.5 Å². The van der Waals surface area contributed by atoms with Gasteiger partial charge >= 0.3 is 0 Å². The Morgan fingerprint density at radius 3 is 2.57 bits per heavy atom. The summed E-state index contributed by atoms with van der Waals surface area (Å²) in [6.45, 7) is -0.185. The highest BCUT2D eigenvalue weighted by Crippen LogP contribution is 2.34. The molecule has 1 amide bonds. The van der Waals surface area contributed by atoms with Crippen LogP contribution >= 0.6 is 43.5 Å². The molecule has 2 aromatic carbocycles. The lowest BCUT2D eigenvalue weighted by Gasteiger charge is -2.12. The highest BCUT2D eigenvalue weighted by molar-refractivity contribution is 9.11. The number of anilines is 1. The van der Waals surface area contributed by atoms with Gasteiger partial charge in [0, 0.05) is 0 Å². The quantitative estimate of drug-likeness (QED) is 0.385. The first-order valence-corrected chi connectivity index (χ1v) is 8.31. The van der Waals surface area contributed by atoms with E-state index in [0.29, 0.717) is 31.0 Å². The molecular weight excluding hydrogens is 451 g/mol. The number of oxime groups is 1. The minimum Gasteiger partial charge on any atom is -0.481 e. The molecule has 2 rings (SSSR count). The number of nitrogens with zero attached hydrogens (tertiary/aromatic N) is 1. The van der Waals surface area contributed by atoms with E-state index >= 15 is 0 Å². The molecule has 0 spiro atoms. The molecule has 0 saturated heterocycles. The molecule has 0 unspecified atom stereocenters. The normalized spacial score (nSPS) is 10.7. The number of benzene rings is 2. The van der Waals surface area contributed by atoms with Crippen molar-refractivity contribution in [3.05, 3.63) is 55.9 Å². The largest absolute Gasteiger partial charge is 0.481 e. The zero-order chi connectivity index (χ0) is 16.8. The van der Waals surface area contributed by atoms with Gasteiger partial charge < -0.3 is 15.3 Å². The van der Waals surface area contributed by atoms with E-state index in [1.165, 1.54) is 6.21 Å². The minimum atomic E-state index is -0.335. The standard InChI is InChI=1S/C15H11Br2ClN2O3/c16-10-5-9(7-19-22)6-11(17)15(10)23-8-14(21)20-13-4-2-1-3-12(13)18/h1-7,22H,8H2,(H,20,21)/b19-7+. The van der Waals surface area contributed by atoms with Gasteiger partial charge in [-0.15, -0.1) is 0 Å². The molecule has 0 radical (unpaired) electrons. The first-order chi connectivity index (χ1) is 11.0. The second-order valence-corrected chi connectivity index (χ2v) is 6.49. The van der Waals surface area contributed by atoms with Crippen LogP contribution in [-0.2, 0) is 4.79 Å². The number of hydrogen-bond acceptors (Lipinski definition) is 4. The average Bonchev–Trinajstić information content (AvgIpc) is 2.49. The zero-order valence-electron chi connectivity index (χ0n) is 11.6. The molecule has 0 heterocycles. The van der Waals surface area contributed by atoms with Crippen molar-refractivity contribution in [3.8, 4) is 5.75 Å². The summed E-state index contributed by atoms with van der Waals surface area (Å²) in [5.74, 6) is 0.132. The molecule has 0 atom stereocenters. The summed E-state index contributed by atoms with van der Waals surface area (Å²) in [5, 5.41) is 14.6. The monoisotopic (exact) mass is 460 g/mol. The van der Waals surface area contributed by atoms with Crippen LogP contribution in [-0.4, -0.2) is 23.9 Å². The number of carbonyl (C=O) groups is 1. The summed E-state index contributed by atoms with van der Waals surface area (Å²) in [4.78, 5) is 12.0. The minimum absolute atomic E-state index is 0.185. The average molecular weight is 463 g/mol. The highest BCUT2D eigenvalue weighted by atomic mass is 79.9. The van der Waals surface area contributed by atoms with E-state index in [-0.39, 0.29) is 12.5 Å². The fourth-order valence-electron chi connectivity index (χ4n) is 1.75. The Balaban J connectivity index is 2.03. The van der Waals surface area contributed by atoms with Gasteiger partial charge in [-0.2, -0.15) is 0 Å². The van der Waals surface area contributed by atoms with E-state index in [2.05, 4.69) is 42.3 Å². The molecule has 0 aliphatic heterocycles. The predicted octanol–water partition coefficient (Wildman–Crippen LogP) is 4.69. The Morgan fingerprint density at radius 2 is 1.96 bits per heavy atom. The van der Waals surface area contributed by atoms with Gasteiger partial charge in [-0.25, -0.2) is 0 Å². The Bertz CT molecular complexity index is 730. The fraction of sp³-hybridized carbons (Fsp3) is 0.0667. The summed E-state index contributed by atoms with van der Waals surface area (Å²) in [6.07, 6.45) is 1.28. The Kier molecular flexibility index (Phi) is 6.44. The first kappa shape index (κ1) is 17.8. The topological polar surface area (TPSA) is 70.9 Å². The van der Waals surface area contributed by atoms with Gasteiger partial charge in [0.1, 0.15) is 5.75 Å². The molecule has 0 saturated carbocycles. The van der Waals surface area contributed by atoms with E-state index in [1.54, 1.807) is 36.4 Å². The lowest BCUT2D eigenvalue weighted by Crippen LogP contribution is -2.20. The van der Waals surface area contributed by atoms with Crippen LogP contribution in [0.15, 0.2) is 50.5 Å². The first-order valence-electron chi connectivity index (χ1n) is 6.35. The zero-order valence-corrected chi connectivity index (χ0v) is 15.5. The summed E-state index contributed by atoms with van der Waals surface area (Å²) in [5.41, 5.74) is 1.19. The third-order valence-electron chi connectivity index (χ3n) is 2.72. The van der Waals surface area contributed by atoms with Crippen LogP contribution in [0.2, 0.25) is 5.02 Å². The van der Waals surface area contributed by atoms with Crippen LogP contribution in [0.25, 0.3) is 0 Å². The van der Waals surface area contributed by atoms with Crippen molar-refractivity contribution in [1.29, 1.82) is 0 Å². The maximum atomic E-state index is 12.0. The Hall–Kier alpha value is -1.57. The van der Waals surface area contributed by atoms with Gasteiger partial charge in [0.15, 0.2) is 6.61 Å². The van der Waals surface area contributed by atoms with Crippen LogP contribution in [0.4, 0.5) is 5.69 Å². The SMILES string of the molecule is O=C(COc1c(Br)cc(/C=N/O)cc1Br)Nc1ccccc1Cl. The fourth-order valence-corrected chi connectivity index (χ4v) is 3.38. The lowest BCUT2D eigenvalue weighted by atomic mass is 10.2. The van der Waals surface area contributed by atoms with Gasteiger partial charge in [0.25, 0.3) is 5.91 Å². The third-order valence-corrected chi connectivity index (χ3v) is 4.23. The highest BCUT2D eigenvalue weighted by Gasteiger charge is 2.12. The molecule has 8 heteroatoms. The summed E-state index contributed by atoms with van der Waals surface area (Å²) in [6, 6.07) is 10.3. The smallest absolute Gasteiger partial charge is 0.262 e. The summed E-state index contributed by atoms with van der Waals surface area (Å²) >= 11 is 12.7. The van der Waals surface area contributed by atoms with Crippen molar-refractivity contribution >= 4 is 61.3 Å². The van der Waals surface area contributed by atoms with Crippen molar-refractivity contribution < 1.29 is 14.7 Å². The molecular formula is C15H11Br2ClN2O3. The molecule has 0 aromatic heterocycles. The van der Waals surface area contributed by atoms with Gasteiger partial charge in [-0.3, -0.25) is 4.79 Å². The van der Waals surface area contributed by atoms with Gasteiger partial charge in [-0.1, -0.05) is 28.9 Å². The van der Waals surface area contributed by atoms with Crippen LogP contribution in [0, 0.1) is 0 Å². The molecule has 5 nitrogen and oxygen atoms in total. The molecule has 0 aliphatic rings. The van der Waals surface area contributed by atoms with Crippen LogP contribution in [0.3, 0.4) is 0 Å². The van der Waals surface area contributed by atoms with E-state index in [0.717, 1.165) is 0 Å². The number of rotatable bonds is 5. The summed E-state index contributed by atoms with van der Waals surface area (Å²) < 4.78 is 6.75. The molecule has 2 aromatic rings. The predicted molar refractivity (Wildman–Crippen MR) is 96.8 cm³/mol. The summed E-state index contributed by atoms with van der Waals surface area (Å²) in [7, 11) is 0. The Morgan fingerprint density at radius 1 is 1.30 bits per heavy atom. The van der Waals surface area contributed by atoms with E-state index in [9.17, 15) is 4.79 Å². The van der Waals surface area contributed by atoms with Gasteiger partial charge in [-0.05, 0) is 61.7 Å². The van der Waals surface area contributed by atoms with Gasteiger partial charge in [0.2, 0.25) is 0 Å². The number of para-hydroxylation sites is 1. The van der Waals surface area contributed by atoms with Crippen molar-refractivity contribution in [2.45, 2.75) is 0 Å². The van der Waals surface area contributed by atoms with Gasteiger partial charge in [0.05, 0.1) is 25.9 Å². The number of carbonyl (C=O) groups excluding carboxylic acids is 1. The molecule has 120 valence electrons. The maximum Gasteiger partial charge on any atom is 0.262 e. The second kappa shape index (κ2) is 8.33. The molecule has 23 heavy (non-hydrogen) atoms. The maximum absolute atomic E-state index is 12.0. The molecule has 2 N–H and O–H groups in total. The number of hydrogen-bond donors (Lipinski definition) is 2. The lowest BCUT2D eigenvalue weighted by molar-refractivity contribution is -0.118. The van der Waals surface area contributed by atoms with Crippen LogP contribution in [0.1, 0.15) is 5.56 Å². The van der Waals surface area contributed by atoms with Crippen LogP contribution in [0.5, 0.6) is 5.75 Å². The number of halogens is 3. The third kappa shape index (κ3) is 4.95. The van der Waals surface area contributed by atoms with Crippen LogP contribution < -0.4 is 10.1 Å². The van der Waals surface area contributed by atoms with Crippen molar-refractivity contribution in [2.75, 3.05) is 11.9 Å².